The number of thiocarbonyl (C=S) groups is 1. The Bertz CT molecular complexity index is 1450. The summed E-state index contributed by atoms with van der Waals surface area (Å²) in [7, 11) is 0. The van der Waals surface area contributed by atoms with Gasteiger partial charge < -0.3 is 14.8 Å². The fourth-order valence-electron chi connectivity index (χ4n) is 3.78. The van der Waals surface area contributed by atoms with Gasteiger partial charge >= 0.3 is 0 Å². The molecule has 3 aromatic carbocycles. The number of carbonyl (C=O) groups excluding carboxylic acids is 2. The summed E-state index contributed by atoms with van der Waals surface area (Å²) in [5.74, 6) is 0.412. The topological polar surface area (TPSA) is 67.9 Å². The average Bonchev–Trinajstić information content (AvgIpc) is 3.16. The number of thioether (sulfide) groups is 1. The third-order valence-corrected chi connectivity index (χ3v) is 7.72. The first-order valence-electron chi connectivity index (χ1n) is 12.0. The number of halogens is 1. The molecule has 0 spiro atoms. The molecule has 1 aliphatic rings. The molecule has 9 heteroatoms. The molecule has 1 fully saturated rings. The van der Waals surface area contributed by atoms with Gasteiger partial charge in [0.1, 0.15) is 0 Å². The van der Waals surface area contributed by atoms with Crippen molar-refractivity contribution in [2.24, 2.45) is 0 Å². The third kappa shape index (κ3) is 6.20. The number of hydrogen-bond acceptors (Lipinski definition) is 6. The molecule has 1 N–H and O–H groups in total. The summed E-state index contributed by atoms with van der Waals surface area (Å²) in [5.41, 5.74) is 5.15. The lowest BCUT2D eigenvalue weighted by Crippen LogP contribution is -2.27. The Morgan fingerprint density at radius 3 is 2.58 bits per heavy atom. The number of nitrogens with zero attached hydrogens (tertiary/aromatic N) is 1. The zero-order valence-corrected chi connectivity index (χ0v) is 23.9. The van der Waals surface area contributed by atoms with Crippen LogP contribution in [0.25, 0.3) is 6.08 Å². The van der Waals surface area contributed by atoms with Crippen molar-refractivity contribution < 1.29 is 19.1 Å². The van der Waals surface area contributed by atoms with Crippen molar-refractivity contribution in [3.05, 3.63) is 86.8 Å². The zero-order valence-electron chi connectivity index (χ0n) is 21.5. The fraction of sp³-hybridized carbons (Fsp3) is 0.207. The van der Waals surface area contributed by atoms with Gasteiger partial charge in [0.05, 0.1) is 17.2 Å². The van der Waals surface area contributed by atoms with Crippen molar-refractivity contribution in [2.45, 2.75) is 27.7 Å². The second-order valence-corrected chi connectivity index (χ2v) is 10.8. The summed E-state index contributed by atoms with van der Waals surface area (Å²) in [5, 5.41) is 3.46. The number of rotatable bonds is 8. The van der Waals surface area contributed by atoms with E-state index in [0.717, 1.165) is 27.9 Å². The number of aryl methyl sites for hydroxylation is 2. The van der Waals surface area contributed by atoms with Gasteiger partial charge in [-0.25, -0.2) is 0 Å². The van der Waals surface area contributed by atoms with Crippen LogP contribution in [0.1, 0.15) is 29.2 Å². The molecule has 0 radical (unpaired) electrons. The fourth-order valence-corrected chi connectivity index (χ4v) is 5.25. The van der Waals surface area contributed by atoms with Gasteiger partial charge in [0, 0.05) is 10.7 Å². The molecule has 4 rings (SSSR count). The standard InChI is InChI=1S/C29H27ClN2O4S2/c1-5-35-25-13-20(10-12-24(25)36-16-27(33)31-23-8-6-7-17(2)19(23)4)14-26-28(34)32(29(37)38-26)21-11-9-18(3)22(30)15-21/h6-15H,5,16H2,1-4H3,(H,31,33)/b26-14-. The number of hydrogen-bond donors (Lipinski definition) is 1. The Hall–Kier alpha value is -3.33. The molecule has 1 aliphatic heterocycles. The van der Waals surface area contributed by atoms with E-state index in [9.17, 15) is 9.59 Å². The van der Waals surface area contributed by atoms with Crippen LogP contribution in [0.15, 0.2) is 59.5 Å². The largest absolute Gasteiger partial charge is 0.490 e. The molecule has 0 atom stereocenters. The van der Waals surface area contributed by atoms with Crippen molar-refractivity contribution in [1.82, 2.24) is 0 Å². The molecule has 38 heavy (non-hydrogen) atoms. The number of anilines is 2. The van der Waals surface area contributed by atoms with Crippen LogP contribution < -0.4 is 19.7 Å². The van der Waals surface area contributed by atoms with Crippen LogP contribution in [0, 0.1) is 20.8 Å². The SMILES string of the molecule is CCOc1cc(/C=C2\SC(=S)N(c3ccc(C)c(Cl)c3)C2=O)ccc1OCC(=O)Nc1cccc(C)c1C. The number of carbonyl (C=O) groups is 2. The van der Waals surface area contributed by atoms with Crippen molar-refractivity contribution >= 4 is 69.2 Å². The van der Waals surface area contributed by atoms with Gasteiger partial charge in [-0.15, -0.1) is 0 Å². The molecule has 0 aromatic heterocycles. The lowest BCUT2D eigenvalue weighted by molar-refractivity contribution is -0.118. The Balaban J connectivity index is 1.49. The summed E-state index contributed by atoms with van der Waals surface area (Å²) in [6.45, 7) is 7.95. The molecule has 0 saturated carbocycles. The van der Waals surface area contributed by atoms with E-state index < -0.39 is 0 Å². The number of nitrogens with one attached hydrogen (secondary N) is 1. The minimum atomic E-state index is -0.273. The molecule has 1 saturated heterocycles. The highest BCUT2D eigenvalue weighted by atomic mass is 35.5. The van der Waals surface area contributed by atoms with E-state index in [0.29, 0.717) is 38.0 Å². The Kier molecular flexibility index (Phi) is 8.76. The summed E-state index contributed by atoms with van der Waals surface area (Å²) in [6.07, 6.45) is 1.76. The highest BCUT2D eigenvalue weighted by Crippen LogP contribution is 2.38. The predicted molar refractivity (Wildman–Crippen MR) is 159 cm³/mol. The van der Waals surface area contributed by atoms with E-state index in [1.54, 1.807) is 30.3 Å². The van der Waals surface area contributed by atoms with Gasteiger partial charge in [-0.2, -0.15) is 0 Å². The minimum Gasteiger partial charge on any atom is -0.490 e. The van der Waals surface area contributed by atoms with Crippen molar-refractivity contribution in [3.63, 3.8) is 0 Å². The van der Waals surface area contributed by atoms with Gasteiger partial charge in [-0.1, -0.05) is 59.8 Å². The summed E-state index contributed by atoms with van der Waals surface area (Å²) in [4.78, 5) is 27.7. The van der Waals surface area contributed by atoms with Gasteiger partial charge in [-0.3, -0.25) is 14.5 Å². The molecule has 196 valence electrons. The van der Waals surface area contributed by atoms with Crippen LogP contribution in [0.3, 0.4) is 0 Å². The van der Waals surface area contributed by atoms with Crippen LogP contribution >= 0.6 is 35.6 Å². The zero-order chi connectivity index (χ0) is 27.4. The smallest absolute Gasteiger partial charge is 0.270 e. The van der Waals surface area contributed by atoms with E-state index in [-0.39, 0.29) is 18.4 Å². The maximum absolute atomic E-state index is 13.2. The lowest BCUT2D eigenvalue weighted by Gasteiger charge is -2.15. The number of benzene rings is 3. The minimum absolute atomic E-state index is 0.176. The van der Waals surface area contributed by atoms with E-state index >= 15 is 0 Å². The molecular weight excluding hydrogens is 540 g/mol. The molecule has 2 amide bonds. The second kappa shape index (κ2) is 12.0. The molecular formula is C29H27ClN2O4S2. The highest BCUT2D eigenvalue weighted by molar-refractivity contribution is 8.27. The summed E-state index contributed by atoms with van der Waals surface area (Å²) >= 11 is 13.0. The lowest BCUT2D eigenvalue weighted by atomic mass is 10.1. The molecule has 1 heterocycles. The van der Waals surface area contributed by atoms with Crippen molar-refractivity contribution in [2.75, 3.05) is 23.4 Å². The van der Waals surface area contributed by atoms with E-state index in [4.69, 9.17) is 33.3 Å². The van der Waals surface area contributed by atoms with Crippen LogP contribution in [-0.4, -0.2) is 29.3 Å². The first-order valence-corrected chi connectivity index (χ1v) is 13.6. The Morgan fingerprint density at radius 2 is 1.84 bits per heavy atom. The van der Waals surface area contributed by atoms with Gasteiger partial charge in [0.2, 0.25) is 0 Å². The first kappa shape index (κ1) is 27.7. The second-order valence-electron chi connectivity index (χ2n) is 8.67. The van der Waals surface area contributed by atoms with Gasteiger partial charge in [0.15, 0.2) is 22.4 Å². The maximum Gasteiger partial charge on any atom is 0.270 e. The van der Waals surface area contributed by atoms with E-state index in [2.05, 4.69) is 5.32 Å². The normalized spacial score (nSPS) is 14.2. The van der Waals surface area contributed by atoms with Crippen molar-refractivity contribution in [3.8, 4) is 11.5 Å². The number of ether oxygens (including phenoxy) is 2. The quantitative estimate of drug-likeness (QED) is 0.232. The van der Waals surface area contributed by atoms with Gasteiger partial charge in [-0.05, 0) is 86.4 Å². The molecule has 6 nitrogen and oxygen atoms in total. The monoisotopic (exact) mass is 566 g/mol. The van der Waals surface area contributed by atoms with E-state index in [1.165, 1.54) is 16.7 Å². The Labute approximate surface area is 237 Å². The van der Waals surface area contributed by atoms with Crippen LogP contribution in [0.5, 0.6) is 11.5 Å². The molecule has 0 aliphatic carbocycles. The Morgan fingerprint density at radius 1 is 1.05 bits per heavy atom. The molecule has 0 bridgehead atoms. The van der Waals surface area contributed by atoms with Crippen LogP contribution in [0.2, 0.25) is 5.02 Å². The number of amides is 2. The summed E-state index contributed by atoms with van der Waals surface area (Å²) < 4.78 is 12.0. The maximum atomic E-state index is 13.2. The predicted octanol–water partition coefficient (Wildman–Crippen LogP) is 7.09. The van der Waals surface area contributed by atoms with Crippen LogP contribution in [0.4, 0.5) is 11.4 Å². The van der Waals surface area contributed by atoms with Crippen LogP contribution in [-0.2, 0) is 9.59 Å². The third-order valence-electron chi connectivity index (χ3n) is 6.01. The molecule has 3 aromatic rings. The van der Waals surface area contributed by atoms with E-state index in [1.807, 2.05) is 58.0 Å². The van der Waals surface area contributed by atoms with Crippen molar-refractivity contribution in [1.29, 1.82) is 0 Å². The average molecular weight is 567 g/mol. The van der Waals surface area contributed by atoms with Gasteiger partial charge in [0.25, 0.3) is 11.8 Å². The summed E-state index contributed by atoms with van der Waals surface area (Å²) in [6, 6.07) is 16.5. The highest BCUT2D eigenvalue weighted by Gasteiger charge is 2.33. The molecule has 0 unspecified atom stereocenters. The first-order chi connectivity index (χ1) is 18.2.